The Balaban J connectivity index is 2.58. The van der Waals surface area contributed by atoms with Crippen LogP contribution in [0, 0.1) is 11.5 Å². The average Bonchev–Trinajstić information content (AvgIpc) is 1.90. The zero-order valence-corrected chi connectivity index (χ0v) is 4.11. The molecule has 0 saturated carbocycles. The van der Waals surface area contributed by atoms with Gasteiger partial charge >= 0.3 is 0 Å². The number of ether oxygens (including phenoxy) is 1. The van der Waals surface area contributed by atoms with Gasteiger partial charge in [0.1, 0.15) is 12.5 Å². The fraction of sp³-hybridized carbons (Fsp3) is 0. The van der Waals surface area contributed by atoms with Crippen molar-refractivity contribution in [1.82, 2.24) is 4.90 Å². The topological polar surface area (TPSA) is 36.3 Å². The van der Waals surface area contributed by atoms with Gasteiger partial charge in [0.25, 0.3) is 0 Å². The van der Waals surface area contributed by atoms with Gasteiger partial charge in [0, 0.05) is 0 Å². The molecule has 0 bridgehead atoms. The Hall–Kier alpha value is -1.43. The van der Waals surface area contributed by atoms with Gasteiger partial charge in [-0.1, -0.05) is 0 Å². The summed E-state index contributed by atoms with van der Waals surface area (Å²) in [6, 6.07) is 0. The highest BCUT2D eigenvalue weighted by atomic mass is 16.5. The molecule has 0 atom stereocenters. The van der Waals surface area contributed by atoms with Crippen LogP contribution in [0.2, 0.25) is 0 Å². The number of hydrogen-bond acceptors (Lipinski definition) is 3. The quantitative estimate of drug-likeness (QED) is 0.429. The van der Waals surface area contributed by atoms with Crippen LogP contribution in [0.15, 0.2) is 24.9 Å². The number of rotatable bonds is 0. The highest BCUT2D eigenvalue weighted by Gasteiger charge is 1.91. The van der Waals surface area contributed by atoms with Gasteiger partial charge < -0.3 is 4.74 Å². The van der Waals surface area contributed by atoms with Crippen molar-refractivity contribution in [3.8, 4) is 6.19 Å². The Labute approximate surface area is 47.1 Å². The summed E-state index contributed by atoms with van der Waals surface area (Å²) in [6.45, 7) is 0. The summed E-state index contributed by atoms with van der Waals surface area (Å²) >= 11 is 0. The van der Waals surface area contributed by atoms with Gasteiger partial charge in [0.2, 0.25) is 0 Å². The maximum atomic E-state index is 8.21. The van der Waals surface area contributed by atoms with E-state index in [1.807, 2.05) is 6.19 Å². The lowest BCUT2D eigenvalue weighted by Gasteiger charge is -2.04. The first-order valence-corrected chi connectivity index (χ1v) is 2.10. The summed E-state index contributed by atoms with van der Waals surface area (Å²) in [5, 5.41) is 8.21. The van der Waals surface area contributed by atoms with Gasteiger partial charge in [-0.3, -0.25) is 4.90 Å². The zero-order chi connectivity index (χ0) is 5.82. The zero-order valence-electron chi connectivity index (χ0n) is 4.11. The molecule has 8 heavy (non-hydrogen) atoms. The Morgan fingerprint density at radius 1 is 1.38 bits per heavy atom. The molecule has 3 heteroatoms. The van der Waals surface area contributed by atoms with E-state index in [1.165, 1.54) is 29.8 Å². The first-order valence-electron chi connectivity index (χ1n) is 2.10. The summed E-state index contributed by atoms with van der Waals surface area (Å²) in [4.78, 5) is 1.34. The van der Waals surface area contributed by atoms with Crippen LogP contribution in [0.5, 0.6) is 0 Å². The van der Waals surface area contributed by atoms with Gasteiger partial charge in [0.15, 0.2) is 6.19 Å². The van der Waals surface area contributed by atoms with Crippen molar-refractivity contribution in [3.05, 3.63) is 24.9 Å². The van der Waals surface area contributed by atoms with Gasteiger partial charge in [-0.05, 0) is 0 Å². The second-order valence-corrected chi connectivity index (χ2v) is 1.21. The molecule has 3 nitrogen and oxygen atoms in total. The molecule has 0 radical (unpaired) electrons. The van der Waals surface area contributed by atoms with E-state index in [9.17, 15) is 0 Å². The summed E-state index contributed by atoms with van der Waals surface area (Å²) in [5.74, 6) is 0. The van der Waals surface area contributed by atoms with Crippen LogP contribution in [-0.4, -0.2) is 4.90 Å². The van der Waals surface area contributed by atoms with Crippen molar-refractivity contribution in [2.75, 3.05) is 0 Å². The predicted molar refractivity (Wildman–Crippen MR) is 26.8 cm³/mol. The normalized spacial score (nSPS) is 15.1. The minimum absolute atomic E-state index is 1.34. The van der Waals surface area contributed by atoms with Crippen molar-refractivity contribution < 1.29 is 4.74 Å². The molecule has 0 aromatic heterocycles. The number of hydrogen-bond donors (Lipinski definition) is 0. The molecule has 0 aromatic rings. The molecule has 0 amide bonds. The second kappa shape index (κ2) is 2.03. The monoisotopic (exact) mass is 108 g/mol. The molecule has 1 heterocycles. The minimum atomic E-state index is 1.34. The number of nitrogens with zero attached hydrogens (tertiary/aromatic N) is 2. The standard InChI is InChI=1S/C5H4N2O/c6-5-7-1-3-8-4-2-7/h1-4H. The van der Waals surface area contributed by atoms with Crippen molar-refractivity contribution >= 4 is 0 Å². The van der Waals surface area contributed by atoms with E-state index in [0.717, 1.165) is 0 Å². The predicted octanol–water partition coefficient (Wildman–Crippen LogP) is 0.742. The molecule has 0 aliphatic carbocycles. The minimum Gasteiger partial charge on any atom is -0.469 e. The Kier molecular flexibility index (Phi) is 1.20. The molecular formula is C5H4N2O. The highest BCUT2D eigenvalue weighted by molar-refractivity contribution is 4.98. The summed E-state index contributed by atoms with van der Waals surface area (Å²) in [7, 11) is 0. The lowest BCUT2D eigenvalue weighted by molar-refractivity contribution is 0.370. The van der Waals surface area contributed by atoms with Crippen LogP contribution in [-0.2, 0) is 4.74 Å². The molecule has 0 aromatic carbocycles. The van der Waals surface area contributed by atoms with E-state index in [-0.39, 0.29) is 0 Å². The third kappa shape index (κ3) is 0.793. The third-order valence-electron chi connectivity index (χ3n) is 0.716. The van der Waals surface area contributed by atoms with Crippen molar-refractivity contribution in [3.63, 3.8) is 0 Å². The van der Waals surface area contributed by atoms with E-state index in [0.29, 0.717) is 0 Å². The van der Waals surface area contributed by atoms with Gasteiger partial charge in [-0.25, -0.2) is 0 Å². The summed E-state index contributed by atoms with van der Waals surface area (Å²) < 4.78 is 4.65. The lowest BCUT2D eigenvalue weighted by Crippen LogP contribution is -2.01. The van der Waals surface area contributed by atoms with E-state index in [4.69, 9.17) is 5.26 Å². The Bertz CT molecular complexity index is 154. The van der Waals surface area contributed by atoms with Crippen molar-refractivity contribution in [2.24, 2.45) is 0 Å². The van der Waals surface area contributed by atoms with Crippen molar-refractivity contribution in [2.45, 2.75) is 0 Å². The van der Waals surface area contributed by atoms with Crippen molar-refractivity contribution in [1.29, 1.82) is 5.26 Å². The molecule has 1 aliphatic heterocycles. The van der Waals surface area contributed by atoms with E-state index in [1.54, 1.807) is 0 Å². The SMILES string of the molecule is N#CN1C=COC=C1. The van der Waals surface area contributed by atoms with Gasteiger partial charge in [-0.2, -0.15) is 5.26 Å². The second-order valence-electron chi connectivity index (χ2n) is 1.21. The van der Waals surface area contributed by atoms with E-state index >= 15 is 0 Å². The summed E-state index contributed by atoms with van der Waals surface area (Å²) in [5.41, 5.74) is 0. The smallest absolute Gasteiger partial charge is 0.188 e. The van der Waals surface area contributed by atoms with Crippen LogP contribution in [0.4, 0.5) is 0 Å². The average molecular weight is 108 g/mol. The Morgan fingerprint density at radius 3 is 2.38 bits per heavy atom. The lowest BCUT2D eigenvalue weighted by atomic mass is 10.7. The molecule has 1 rings (SSSR count). The van der Waals surface area contributed by atoms with E-state index in [2.05, 4.69) is 4.74 Å². The van der Waals surface area contributed by atoms with Crippen LogP contribution in [0.3, 0.4) is 0 Å². The first kappa shape index (κ1) is 4.72. The molecule has 40 valence electrons. The maximum absolute atomic E-state index is 8.21. The van der Waals surface area contributed by atoms with Crippen LogP contribution in [0.25, 0.3) is 0 Å². The highest BCUT2D eigenvalue weighted by Crippen LogP contribution is 1.95. The largest absolute Gasteiger partial charge is 0.469 e. The van der Waals surface area contributed by atoms with Gasteiger partial charge in [0.05, 0.1) is 12.4 Å². The molecule has 0 N–H and O–H groups in total. The molecule has 0 saturated heterocycles. The fourth-order valence-electron chi connectivity index (χ4n) is 0.363. The number of nitriles is 1. The summed E-state index contributed by atoms with van der Waals surface area (Å²) in [6.07, 6.45) is 7.81. The Morgan fingerprint density at radius 2 is 2.00 bits per heavy atom. The maximum Gasteiger partial charge on any atom is 0.188 e. The fourth-order valence-corrected chi connectivity index (χ4v) is 0.363. The van der Waals surface area contributed by atoms with Gasteiger partial charge in [-0.15, -0.1) is 0 Å². The third-order valence-corrected chi connectivity index (χ3v) is 0.716. The van der Waals surface area contributed by atoms with Crippen LogP contribution >= 0.6 is 0 Å². The van der Waals surface area contributed by atoms with Crippen LogP contribution < -0.4 is 0 Å². The molecule has 0 fully saturated rings. The van der Waals surface area contributed by atoms with E-state index < -0.39 is 0 Å². The molecule has 0 spiro atoms. The molecule has 1 aliphatic rings. The molecular weight excluding hydrogens is 104 g/mol. The van der Waals surface area contributed by atoms with Crippen LogP contribution in [0.1, 0.15) is 0 Å². The first-order chi connectivity index (χ1) is 3.93. The molecule has 0 unspecified atom stereocenters.